The van der Waals surface area contributed by atoms with Gasteiger partial charge in [-0.05, 0) is 89.8 Å². The van der Waals surface area contributed by atoms with Crippen LogP contribution in [-0.2, 0) is 11.2 Å². The molecule has 1 aromatic rings. The molecule has 0 spiro atoms. The van der Waals surface area contributed by atoms with Crippen LogP contribution in [0.2, 0.25) is 0 Å². The molecule has 132 valence electrons. The van der Waals surface area contributed by atoms with Crippen molar-refractivity contribution in [2.45, 2.75) is 44.6 Å². The molecule has 1 saturated heterocycles. The summed E-state index contributed by atoms with van der Waals surface area (Å²) >= 11 is 0. The third-order valence-corrected chi connectivity index (χ3v) is 5.57. The van der Waals surface area contributed by atoms with Crippen molar-refractivity contribution < 1.29 is 4.79 Å². The second-order valence-electron chi connectivity index (χ2n) is 7.63. The molecule has 0 radical (unpaired) electrons. The fraction of sp³-hybridized carbons (Fsp3) is 0.650. The van der Waals surface area contributed by atoms with Crippen molar-refractivity contribution in [1.29, 1.82) is 0 Å². The van der Waals surface area contributed by atoms with Crippen LogP contribution in [0.3, 0.4) is 0 Å². The normalized spacial score (nSPS) is 23.0. The van der Waals surface area contributed by atoms with Crippen LogP contribution in [0.15, 0.2) is 24.3 Å². The van der Waals surface area contributed by atoms with Crippen molar-refractivity contribution in [1.82, 2.24) is 9.80 Å². The van der Waals surface area contributed by atoms with E-state index >= 15 is 0 Å². The lowest BCUT2D eigenvalue weighted by molar-refractivity contribution is -0.122. The van der Waals surface area contributed by atoms with Crippen molar-refractivity contribution >= 4 is 11.6 Å². The third-order valence-electron chi connectivity index (χ3n) is 5.57. The molecule has 2 aliphatic heterocycles. The maximum Gasteiger partial charge on any atom is 0.241 e. The number of amides is 1. The molecule has 2 heterocycles. The highest BCUT2D eigenvalue weighted by molar-refractivity contribution is 5.96. The van der Waals surface area contributed by atoms with E-state index in [1.54, 1.807) is 0 Å². The van der Waals surface area contributed by atoms with E-state index in [4.69, 9.17) is 0 Å². The zero-order valence-corrected chi connectivity index (χ0v) is 15.1. The number of nitrogens with zero attached hydrogens (tertiary/aromatic N) is 2. The molecule has 1 aromatic carbocycles. The van der Waals surface area contributed by atoms with E-state index in [0.29, 0.717) is 0 Å². The van der Waals surface area contributed by atoms with Gasteiger partial charge in [-0.1, -0.05) is 18.2 Å². The monoisotopic (exact) mass is 329 g/mol. The maximum absolute atomic E-state index is 12.6. The molecule has 0 aliphatic carbocycles. The van der Waals surface area contributed by atoms with Gasteiger partial charge in [0.05, 0.1) is 6.04 Å². The second kappa shape index (κ2) is 8.13. The minimum Gasteiger partial charge on any atom is -0.324 e. The Morgan fingerprint density at radius 2 is 1.92 bits per heavy atom. The number of hydrogen-bond acceptors (Lipinski definition) is 3. The Morgan fingerprint density at radius 1 is 1.17 bits per heavy atom. The zero-order chi connectivity index (χ0) is 16.9. The smallest absolute Gasteiger partial charge is 0.241 e. The number of carbonyl (C=O) groups excluding carboxylic acids is 1. The van der Waals surface area contributed by atoms with Gasteiger partial charge in [-0.3, -0.25) is 9.69 Å². The van der Waals surface area contributed by atoms with Crippen molar-refractivity contribution in [2.24, 2.45) is 5.92 Å². The first-order chi connectivity index (χ1) is 11.6. The summed E-state index contributed by atoms with van der Waals surface area (Å²) in [5.74, 6) is 1.03. The lowest BCUT2D eigenvalue weighted by Crippen LogP contribution is -2.47. The van der Waals surface area contributed by atoms with Gasteiger partial charge in [0, 0.05) is 5.69 Å². The molecule has 4 nitrogen and oxygen atoms in total. The van der Waals surface area contributed by atoms with E-state index in [9.17, 15) is 4.79 Å². The number of para-hydroxylation sites is 1. The van der Waals surface area contributed by atoms with Crippen LogP contribution in [0.4, 0.5) is 5.69 Å². The summed E-state index contributed by atoms with van der Waals surface area (Å²) in [4.78, 5) is 17.3. The Hall–Kier alpha value is -1.39. The van der Waals surface area contributed by atoms with Gasteiger partial charge in [0.25, 0.3) is 0 Å². The molecule has 24 heavy (non-hydrogen) atoms. The molecule has 0 saturated carbocycles. The number of rotatable bonds is 5. The van der Waals surface area contributed by atoms with Crippen molar-refractivity contribution in [3.8, 4) is 0 Å². The summed E-state index contributed by atoms with van der Waals surface area (Å²) in [6.45, 7) is 3.33. The predicted octanol–water partition coefficient (Wildman–Crippen LogP) is 2.99. The Kier molecular flexibility index (Phi) is 5.90. The summed E-state index contributed by atoms with van der Waals surface area (Å²) in [6.07, 6.45) is 7.02. The molecule has 1 fully saturated rings. The van der Waals surface area contributed by atoms with Crippen molar-refractivity contribution in [3.63, 3.8) is 0 Å². The van der Waals surface area contributed by atoms with Gasteiger partial charge in [-0.15, -0.1) is 0 Å². The third kappa shape index (κ3) is 4.37. The summed E-state index contributed by atoms with van der Waals surface area (Å²) in [6, 6.07) is 8.25. The lowest BCUT2D eigenvalue weighted by Gasteiger charge is -2.36. The molecule has 3 rings (SSSR count). The van der Waals surface area contributed by atoms with E-state index in [0.717, 1.165) is 37.5 Å². The molecule has 1 atom stereocenters. The van der Waals surface area contributed by atoms with E-state index in [-0.39, 0.29) is 11.9 Å². The number of aryl methyl sites for hydroxylation is 1. The summed E-state index contributed by atoms with van der Waals surface area (Å²) in [5, 5.41) is 3.14. The highest BCUT2D eigenvalue weighted by Gasteiger charge is 2.31. The van der Waals surface area contributed by atoms with Gasteiger partial charge in [-0.2, -0.15) is 0 Å². The summed E-state index contributed by atoms with van der Waals surface area (Å²) in [7, 11) is 4.29. The maximum atomic E-state index is 12.6. The van der Waals surface area contributed by atoms with Crippen LogP contribution in [-0.4, -0.2) is 55.5 Å². The van der Waals surface area contributed by atoms with E-state index in [1.165, 1.54) is 37.8 Å². The van der Waals surface area contributed by atoms with Gasteiger partial charge in [-0.25, -0.2) is 0 Å². The van der Waals surface area contributed by atoms with Crippen LogP contribution in [0.5, 0.6) is 0 Å². The second-order valence-corrected chi connectivity index (χ2v) is 7.63. The van der Waals surface area contributed by atoms with Gasteiger partial charge in [0.2, 0.25) is 5.91 Å². The number of likely N-dealkylation sites (tertiary alicyclic amines) is 1. The number of piperidine rings is 1. The van der Waals surface area contributed by atoms with Crippen LogP contribution >= 0.6 is 0 Å². The Balaban J connectivity index is 1.51. The van der Waals surface area contributed by atoms with E-state index in [2.05, 4.69) is 41.3 Å². The lowest BCUT2D eigenvalue weighted by atomic mass is 9.90. The van der Waals surface area contributed by atoms with Crippen LogP contribution in [0, 0.1) is 5.92 Å². The van der Waals surface area contributed by atoms with Gasteiger partial charge < -0.3 is 10.2 Å². The largest absolute Gasteiger partial charge is 0.324 e. The van der Waals surface area contributed by atoms with Gasteiger partial charge >= 0.3 is 0 Å². The molecule has 1 amide bonds. The zero-order valence-electron chi connectivity index (χ0n) is 15.1. The quantitative estimate of drug-likeness (QED) is 0.902. The highest BCUT2D eigenvalue weighted by atomic mass is 16.2. The SMILES string of the molecule is CN(C)CCCC1CCN([C@@H]2CCc3ccccc3NC2=O)CC1. The molecule has 2 aliphatic rings. The molecule has 0 aromatic heterocycles. The Morgan fingerprint density at radius 3 is 2.67 bits per heavy atom. The number of benzene rings is 1. The molecule has 0 bridgehead atoms. The minimum absolute atomic E-state index is 0.0418. The van der Waals surface area contributed by atoms with Gasteiger partial charge in [0.1, 0.15) is 0 Å². The Labute approximate surface area is 146 Å². The highest BCUT2D eigenvalue weighted by Crippen LogP contribution is 2.28. The first-order valence-corrected chi connectivity index (χ1v) is 9.41. The van der Waals surface area contributed by atoms with Crippen molar-refractivity contribution in [2.75, 3.05) is 39.0 Å². The van der Waals surface area contributed by atoms with E-state index < -0.39 is 0 Å². The van der Waals surface area contributed by atoms with Crippen LogP contribution < -0.4 is 5.32 Å². The number of hydrogen-bond donors (Lipinski definition) is 1. The average Bonchev–Trinajstić information content (AvgIpc) is 2.73. The van der Waals surface area contributed by atoms with Gasteiger partial charge in [0.15, 0.2) is 0 Å². The molecular weight excluding hydrogens is 298 g/mol. The molecule has 0 unspecified atom stereocenters. The topological polar surface area (TPSA) is 35.6 Å². The number of carbonyl (C=O) groups is 1. The number of nitrogens with one attached hydrogen (secondary N) is 1. The Bertz CT molecular complexity index is 550. The molecular formula is C20H31N3O. The molecule has 1 N–H and O–H groups in total. The van der Waals surface area contributed by atoms with Crippen LogP contribution in [0.1, 0.15) is 37.7 Å². The number of anilines is 1. The first kappa shape index (κ1) is 17.4. The summed E-state index contributed by atoms with van der Waals surface area (Å²) < 4.78 is 0. The molecule has 4 heteroatoms. The fourth-order valence-electron chi connectivity index (χ4n) is 4.10. The van der Waals surface area contributed by atoms with Crippen molar-refractivity contribution in [3.05, 3.63) is 29.8 Å². The number of fused-ring (bicyclic) bond motifs is 1. The average molecular weight is 329 g/mol. The predicted molar refractivity (Wildman–Crippen MR) is 99.3 cm³/mol. The standard InChI is InChI=1S/C20H31N3O/c1-22(2)13-5-6-16-11-14-23(15-12-16)19-10-9-17-7-3-4-8-18(17)21-20(19)24/h3-4,7-8,16,19H,5-6,9-15H2,1-2H3,(H,21,24)/t19-/m1/s1. The van der Waals surface area contributed by atoms with E-state index in [1.807, 2.05) is 12.1 Å². The minimum atomic E-state index is 0.0418. The fourth-order valence-corrected chi connectivity index (χ4v) is 4.10. The van der Waals surface area contributed by atoms with Crippen LogP contribution in [0.25, 0.3) is 0 Å². The summed E-state index contributed by atoms with van der Waals surface area (Å²) in [5.41, 5.74) is 2.27. The first-order valence-electron chi connectivity index (χ1n) is 9.41.